The van der Waals surface area contributed by atoms with Gasteiger partial charge in [-0.15, -0.1) is 0 Å². The first kappa shape index (κ1) is 17.9. The Morgan fingerprint density at radius 1 is 1.30 bits per heavy atom. The van der Waals surface area contributed by atoms with Gasteiger partial charge in [-0.1, -0.05) is 19.1 Å². The molecule has 0 amide bonds. The van der Waals surface area contributed by atoms with Crippen LogP contribution < -0.4 is 4.74 Å². The first-order valence-corrected chi connectivity index (χ1v) is 9.37. The molecule has 0 spiro atoms. The Balaban J connectivity index is 1.64. The van der Waals surface area contributed by atoms with Gasteiger partial charge in [0.2, 0.25) is 0 Å². The summed E-state index contributed by atoms with van der Waals surface area (Å²) in [5.74, 6) is 0.201. The number of phenols is 1. The Morgan fingerprint density at radius 3 is 2.89 bits per heavy atom. The lowest BCUT2D eigenvalue weighted by molar-refractivity contribution is 0.0118. The molecule has 0 saturated carbocycles. The molecule has 3 atom stereocenters. The van der Waals surface area contributed by atoms with Crippen molar-refractivity contribution in [1.29, 1.82) is 0 Å². The number of aromatic carboxylic acids is 1. The summed E-state index contributed by atoms with van der Waals surface area (Å²) in [4.78, 5) is 13.6. The van der Waals surface area contributed by atoms with Crippen molar-refractivity contribution in [3.05, 3.63) is 59.2 Å². The molecule has 5 heteroatoms. The van der Waals surface area contributed by atoms with E-state index >= 15 is 0 Å². The highest BCUT2D eigenvalue weighted by Crippen LogP contribution is 2.49. The summed E-state index contributed by atoms with van der Waals surface area (Å²) in [5.41, 5.74) is 2.68. The molecule has 1 aliphatic heterocycles. The third-order valence-electron chi connectivity index (χ3n) is 6.48. The van der Waals surface area contributed by atoms with Crippen LogP contribution in [-0.4, -0.2) is 47.3 Å². The molecule has 4 rings (SSSR count). The topological polar surface area (TPSA) is 70.0 Å². The largest absolute Gasteiger partial charge is 0.508 e. The molecule has 1 fully saturated rings. The highest BCUT2D eigenvalue weighted by molar-refractivity contribution is 5.88. The molecule has 1 aliphatic carbocycles. The number of likely N-dealkylation sites (tertiary alicyclic amines) is 1. The standard InChI is InChI=1S/C22H25NO4/c1-22-8-9-23(2)20(11-14-6-7-16(24)12-18(14)22)19(22)13-27-17-5-3-4-15(10-17)21(25)26/h3-7,10,12,19-20,24H,8-9,11,13H2,1-2H3,(H,25,26)/t19-,20-,22-/m1/s1. The second-order valence-electron chi connectivity index (χ2n) is 8.01. The molecule has 5 nitrogen and oxygen atoms in total. The summed E-state index contributed by atoms with van der Waals surface area (Å²) in [6.07, 6.45) is 1.94. The number of ether oxygens (including phenoxy) is 1. The first-order valence-electron chi connectivity index (χ1n) is 9.37. The van der Waals surface area contributed by atoms with Gasteiger partial charge in [-0.2, -0.15) is 0 Å². The van der Waals surface area contributed by atoms with Gasteiger partial charge in [0.25, 0.3) is 0 Å². The van der Waals surface area contributed by atoms with Gasteiger partial charge >= 0.3 is 5.97 Å². The molecule has 27 heavy (non-hydrogen) atoms. The van der Waals surface area contributed by atoms with Gasteiger partial charge in [-0.3, -0.25) is 0 Å². The van der Waals surface area contributed by atoms with Crippen LogP contribution in [-0.2, 0) is 11.8 Å². The number of carboxylic acid groups (broad SMARTS) is 1. The Labute approximate surface area is 159 Å². The van der Waals surface area contributed by atoms with E-state index in [0.29, 0.717) is 24.1 Å². The Bertz CT molecular complexity index is 880. The van der Waals surface area contributed by atoms with E-state index in [9.17, 15) is 15.0 Å². The first-order chi connectivity index (χ1) is 12.9. The number of likely N-dealkylation sites (N-methyl/N-ethyl adjacent to an activating group) is 1. The van der Waals surface area contributed by atoms with Crippen LogP contribution in [0.4, 0.5) is 0 Å². The van der Waals surface area contributed by atoms with Crippen molar-refractivity contribution < 1.29 is 19.7 Å². The van der Waals surface area contributed by atoms with Gasteiger partial charge < -0.3 is 19.8 Å². The summed E-state index contributed by atoms with van der Waals surface area (Å²) in [6, 6.07) is 12.7. The molecule has 0 aromatic heterocycles. The molecule has 0 unspecified atom stereocenters. The SMILES string of the molecule is CN1CC[C@]2(C)c3cc(O)ccc3C[C@@H]1[C@H]2COc1cccc(C(=O)O)c1. The highest BCUT2D eigenvalue weighted by Gasteiger charge is 2.50. The number of nitrogens with zero attached hydrogens (tertiary/aromatic N) is 1. The summed E-state index contributed by atoms with van der Waals surface area (Å²) < 4.78 is 6.08. The van der Waals surface area contributed by atoms with Crippen LogP contribution in [0.3, 0.4) is 0 Å². The molecule has 2 aliphatic rings. The smallest absolute Gasteiger partial charge is 0.335 e. The van der Waals surface area contributed by atoms with E-state index in [-0.39, 0.29) is 16.9 Å². The summed E-state index contributed by atoms with van der Waals surface area (Å²) >= 11 is 0. The average Bonchev–Trinajstić information content (AvgIpc) is 2.65. The number of hydrogen-bond donors (Lipinski definition) is 2. The van der Waals surface area contributed by atoms with E-state index in [2.05, 4.69) is 18.9 Å². The zero-order valence-electron chi connectivity index (χ0n) is 15.7. The monoisotopic (exact) mass is 367 g/mol. The number of carboxylic acids is 1. The third kappa shape index (κ3) is 3.06. The van der Waals surface area contributed by atoms with Crippen LogP contribution in [0.15, 0.2) is 42.5 Å². The fourth-order valence-corrected chi connectivity index (χ4v) is 4.82. The number of piperidine rings is 1. The third-order valence-corrected chi connectivity index (χ3v) is 6.48. The van der Waals surface area contributed by atoms with Crippen molar-refractivity contribution in [3.8, 4) is 11.5 Å². The van der Waals surface area contributed by atoms with Gasteiger partial charge in [-0.05, 0) is 67.9 Å². The lowest BCUT2D eigenvalue weighted by atomic mass is 9.58. The number of benzene rings is 2. The van der Waals surface area contributed by atoms with Gasteiger partial charge in [0.1, 0.15) is 11.5 Å². The summed E-state index contributed by atoms with van der Waals surface area (Å²) in [6.45, 7) is 3.80. The minimum Gasteiger partial charge on any atom is -0.508 e. The second-order valence-corrected chi connectivity index (χ2v) is 8.01. The van der Waals surface area contributed by atoms with Crippen molar-refractivity contribution in [2.24, 2.45) is 5.92 Å². The molecule has 2 aromatic carbocycles. The van der Waals surface area contributed by atoms with Crippen molar-refractivity contribution in [1.82, 2.24) is 4.90 Å². The van der Waals surface area contributed by atoms with Crippen molar-refractivity contribution in [2.75, 3.05) is 20.2 Å². The van der Waals surface area contributed by atoms with Crippen molar-refractivity contribution in [2.45, 2.75) is 31.2 Å². The lowest BCUT2D eigenvalue weighted by Gasteiger charge is -2.54. The molecular weight excluding hydrogens is 342 g/mol. The van der Waals surface area contributed by atoms with Gasteiger partial charge in [0.15, 0.2) is 0 Å². The second kappa shape index (κ2) is 6.57. The zero-order chi connectivity index (χ0) is 19.2. The van der Waals surface area contributed by atoms with Crippen LogP contribution in [0.1, 0.15) is 34.8 Å². The molecule has 1 saturated heterocycles. The fourth-order valence-electron chi connectivity index (χ4n) is 4.82. The van der Waals surface area contributed by atoms with Crippen molar-refractivity contribution >= 4 is 5.97 Å². The molecule has 2 aromatic rings. The van der Waals surface area contributed by atoms with Crippen LogP contribution >= 0.6 is 0 Å². The van der Waals surface area contributed by atoms with Crippen LogP contribution in [0, 0.1) is 5.92 Å². The minimum atomic E-state index is -0.953. The Morgan fingerprint density at radius 2 is 2.11 bits per heavy atom. The van der Waals surface area contributed by atoms with Crippen LogP contribution in [0.2, 0.25) is 0 Å². The number of aromatic hydroxyl groups is 1. The average molecular weight is 367 g/mol. The number of rotatable bonds is 4. The van der Waals surface area contributed by atoms with E-state index in [1.807, 2.05) is 12.1 Å². The normalized spacial score (nSPS) is 27.0. The highest BCUT2D eigenvalue weighted by atomic mass is 16.5. The van der Waals surface area contributed by atoms with E-state index < -0.39 is 5.97 Å². The molecule has 2 bridgehead atoms. The summed E-state index contributed by atoms with van der Waals surface area (Å²) in [5, 5.41) is 19.2. The minimum absolute atomic E-state index is 0.0755. The fraction of sp³-hybridized carbons (Fsp3) is 0.409. The van der Waals surface area contributed by atoms with Crippen molar-refractivity contribution in [3.63, 3.8) is 0 Å². The van der Waals surface area contributed by atoms with E-state index in [0.717, 1.165) is 19.4 Å². The Hall–Kier alpha value is -2.53. The predicted octanol–water partition coefficient (Wildman–Crippen LogP) is 3.30. The zero-order valence-corrected chi connectivity index (χ0v) is 15.7. The molecule has 1 heterocycles. The molecular formula is C22H25NO4. The Kier molecular flexibility index (Phi) is 4.35. The number of carbonyl (C=O) groups is 1. The maximum Gasteiger partial charge on any atom is 0.335 e. The van der Waals surface area contributed by atoms with Gasteiger partial charge in [0, 0.05) is 17.4 Å². The number of phenolic OH excluding ortho intramolecular Hbond substituents is 1. The van der Waals surface area contributed by atoms with Crippen LogP contribution in [0.5, 0.6) is 11.5 Å². The van der Waals surface area contributed by atoms with Crippen LogP contribution in [0.25, 0.3) is 0 Å². The lowest BCUT2D eigenvalue weighted by Crippen LogP contribution is -2.59. The maximum atomic E-state index is 11.2. The van der Waals surface area contributed by atoms with E-state index in [1.165, 1.54) is 11.1 Å². The van der Waals surface area contributed by atoms with E-state index in [1.54, 1.807) is 30.3 Å². The van der Waals surface area contributed by atoms with Gasteiger partial charge in [0.05, 0.1) is 12.2 Å². The predicted molar refractivity (Wildman–Crippen MR) is 103 cm³/mol. The molecule has 0 radical (unpaired) electrons. The molecule has 142 valence electrons. The quantitative estimate of drug-likeness (QED) is 0.868. The maximum absolute atomic E-state index is 11.2. The van der Waals surface area contributed by atoms with E-state index in [4.69, 9.17) is 4.74 Å². The number of hydrogen-bond acceptors (Lipinski definition) is 4. The van der Waals surface area contributed by atoms with Gasteiger partial charge in [-0.25, -0.2) is 4.79 Å². The summed E-state index contributed by atoms with van der Waals surface area (Å²) in [7, 11) is 2.16. The molecule has 2 N–H and O–H groups in total. The number of fused-ring (bicyclic) bond motifs is 4.